The molecule has 6 N–H and O–H groups in total. The minimum Gasteiger partial charge on any atom is -0.391 e. The average Bonchev–Trinajstić information content (AvgIpc) is 3.09. The second-order valence-corrected chi connectivity index (χ2v) is 6.51. The average molecular weight is 355 g/mol. The number of amides is 1. The highest BCUT2D eigenvalue weighted by molar-refractivity contribution is 6.10. The molecule has 138 valence electrons. The van der Waals surface area contributed by atoms with Crippen LogP contribution in [0.15, 0.2) is 34.6 Å². The Labute approximate surface area is 153 Å². The first-order valence-corrected chi connectivity index (χ1v) is 8.64. The number of hydrazone groups is 1. The minimum atomic E-state index is 0.0292. The van der Waals surface area contributed by atoms with E-state index in [0.29, 0.717) is 18.9 Å². The number of rotatable bonds is 3. The van der Waals surface area contributed by atoms with Gasteiger partial charge in [-0.1, -0.05) is 12.1 Å². The lowest BCUT2D eigenvalue weighted by Gasteiger charge is -2.33. The van der Waals surface area contributed by atoms with Crippen LogP contribution in [0.5, 0.6) is 0 Å². The van der Waals surface area contributed by atoms with E-state index >= 15 is 0 Å². The van der Waals surface area contributed by atoms with Crippen LogP contribution in [0.4, 0.5) is 5.69 Å². The lowest BCUT2D eigenvalue weighted by atomic mass is 10.0. The van der Waals surface area contributed by atoms with Crippen molar-refractivity contribution in [2.45, 2.75) is 19.8 Å². The fourth-order valence-electron chi connectivity index (χ4n) is 3.53. The summed E-state index contributed by atoms with van der Waals surface area (Å²) in [5.41, 5.74) is 10.6. The molecule has 0 spiro atoms. The van der Waals surface area contributed by atoms with Gasteiger partial charge in [-0.25, -0.2) is 0 Å². The Balaban J connectivity index is 1.94. The van der Waals surface area contributed by atoms with Crippen molar-refractivity contribution in [1.29, 1.82) is 5.41 Å². The first-order chi connectivity index (χ1) is 12.5. The van der Waals surface area contributed by atoms with Crippen LogP contribution < -0.4 is 21.8 Å². The van der Waals surface area contributed by atoms with Crippen molar-refractivity contribution < 1.29 is 4.79 Å². The predicted octanol–water partition coefficient (Wildman–Crippen LogP) is 0.331. The molecular formula is C18H25N7O. The van der Waals surface area contributed by atoms with E-state index in [1.165, 1.54) is 0 Å². The van der Waals surface area contributed by atoms with Crippen molar-refractivity contribution >= 4 is 23.3 Å². The Kier molecular flexibility index (Phi) is 4.83. The van der Waals surface area contributed by atoms with E-state index in [4.69, 9.17) is 17.0 Å². The molecule has 1 aromatic carbocycles. The molecule has 0 aromatic heterocycles. The first kappa shape index (κ1) is 17.8. The Morgan fingerprint density at radius 2 is 2.08 bits per heavy atom. The number of nitrogens with one attached hydrogen (secondary N) is 2. The molecule has 0 unspecified atom stereocenters. The summed E-state index contributed by atoms with van der Waals surface area (Å²) in [6, 6.07) is 5.83. The number of nitrogens with zero attached hydrogens (tertiary/aromatic N) is 3. The first-order valence-electron chi connectivity index (χ1n) is 8.64. The number of carbonyl (C=O) groups is 1. The molecule has 26 heavy (non-hydrogen) atoms. The van der Waals surface area contributed by atoms with Crippen molar-refractivity contribution in [3.8, 4) is 0 Å². The van der Waals surface area contributed by atoms with Crippen LogP contribution in [0.3, 0.4) is 0 Å². The van der Waals surface area contributed by atoms with Gasteiger partial charge >= 0.3 is 0 Å². The van der Waals surface area contributed by atoms with Crippen LogP contribution in [0.2, 0.25) is 0 Å². The molecule has 8 heteroatoms. The number of hydrogen-bond acceptors (Lipinski definition) is 5. The minimum absolute atomic E-state index is 0.0292. The van der Waals surface area contributed by atoms with E-state index in [1.807, 2.05) is 30.1 Å². The lowest BCUT2D eigenvalue weighted by molar-refractivity contribution is -0.128. The number of hydrogen-bond donors (Lipinski definition) is 4. The van der Waals surface area contributed by atoms with Gasteiger partial charge in [-0.3, -0.25) is 10.2 Å². The normalized spacial score (nSPS) is 17.4. The van der Waals surface area contributed by atoms with E-state index in [9.17, 15) is 4.79 Å². The molecule has 2 aliphatic heterocycles. The molecule has 2 heterocycles. The lowest BCUT2D eigenvalue weighted by Crippen LogP contribution is -2.43. The van der Waals surface area contributed by atoms with Crippen molar-refractivity contribution in [3.63, 3.8) is 0 Å². The number of nitrogens with two attached hydrogens (primary N) is 2. The molecule has 0 atom stereocenters. The van der Waals surface area contributed by atoms with Gasteiger partial charge in [0.2, 0.25) is 5.91 Å². The largest absolute Gasteiger partial charge is 0.391 e. The van der Waals surface area contributed by atoms with E-state index in [-0.39, 0.29) is 11.7 Å². The summed E-state index contributed by atoms with van der Waals surface area (Å²) in [5.74, 6) is 6.01. The van der Waals surface area contributed by atoms with E-state index in [1.54, 1.807) is 11.8 Å². The molecule has 8 nitrogen and oxygen atoms in total. The molecule has 0 aliphatic carbocycles. The van der Waals surface area contributed by atoms with Crippen molar-refractivity contribution in [2.24, 2.45) is 16.7 Å². The maximum Gasteiger partial charge on any atom is 0.219 e. The number of carbonyl (C=O) groups excluding carboxylic acids is 1. The van der Waals surface area contributed by atoms with Gasteiger partial charge in [-0.05, 0) is 18.1 Å². The Bertz CT molecular complexity index is 812. The van der Waals surface area contributed by atoms with Gasteiger partial charge in [0, 0.05) is 56.0 Å². The smallest absolute Gasteiger partial charge is 0.219 e. The fraction of sp³-hybridized carbons (Fsp3) is 0.389. The van der Waals surface area contributed by atoms with Gasteiger partial charge in [0.15, 0.2) is 0 Å². The summed E-state index contributed by atoms with van der Waals surface area (Å²) in [6.45, 7) is 3.41. The van der Waals surface area contributed by atoms with Gasteiger partial charge < -0.3 is 26.7 Å². The summed E-state index contributed by atoms with van der Waals surface area (Å²) < 4.78 is 0. The zero-order valence-electron chi connectivity index (χ0n) is 15.2. The molecule has 1 aromatic rings. The Hall–Kier alpha value is -3.03. The van der Waals surface area contributed by atoms with Gasteiger partial charge in [-0.15, -0.1) is 0 Å². The summed E-state index contributed by atoms with van der Waals surface area (Å²) in [7, 11) is 1.86. The van der Waals surface area contributed by atoms with Crippen LogP contribution >= 0.6 is 0 Å². The SMILES string of the molecule is CNC1=C(C(=N)N2CCc3ccc(/C(N)=N/N)cc32)CN(C(C)=O)CC1. The third-order valence-electron chi connectivity index (χ3n) is 5.06. The standard InChI is InChI=1S/C18H25N7O/c1-11(26)24-7-6-15(22-2)14(10-24)18(20)25-8-5-12-3-4-13(9-16(12)25)17(19)23-21/h3-4,9,20,22H,5-8,10,21H2,1-2H3,(H2,19,23). The quantitative estimate of drug-likeness (QED) is 0.269. The summed E-state index contributed by atoms with van der Waals surface area (Å²) >= 11 is 0. The van der Waals surface area contributed by atoms with Crippen molar-refractivity contribution in [3.05, 3.63) is 40.6 Å². The van der Waals surface area contributed by atoms with Crippen LogP contribution in [0.25, 0.3) is 0 Å². The van der Waals surface area contributed by atoms with E-state index in [2.05, 4.69) is 10.4 Å². The third-order valence-corrected chi connectivity index (χ3v) is 5.06. The molecular weight excluding hydrogens is 330 g/mol. The second-order valence-electron chi connectivity index (χ2n) is 6.51. The Morgan fingerprint density at radius 1 is 1.31 bits per heavy atom. The van der Waals surface area contributed by atoms with E-state index < -0.39 is 0 Å². The summed E-state index contributed by atoms with van der Waals surface area (Å²) in [4.78, 5) is 15.5. The highest BCUT2D eigenvalue weighted by atomic mass is 16.2. The molecule has 0 radical (unpaired) electrons. The summed E-state index contributed by atoms with van der Waals surface area (Å²) in [5, 5.41) is 15.6. The van der Waals surface area contributed by atoms with Crippen LogP contribution in [0.1, 0.15) is 24.5 Å². The molecule has 0 fully saturated rings. The zero-order valence-corrected chi connectivity index (χ0v) is 15.2. The topological polar surface area (TPSA) is 124 Å². The number of amidine groups is 2. The fourth-order valence-corrected chi connectivity index (χ4v) is 3.53. The van der Waals surface area contributed by atoms with Crippen LogP contribution in [-0.2, 0) is 11.2 Å². The number of benzene rings is 1. The molecule has 2 aliphatic rings. The molecule has 1 amide bonds. The number of anilines is 1. The third kappa shape index (κ3) is 3.10. The zero-order chi connectivity index (χ0) is 18.8. The van der Waals surface area contributed by atoms with Gasteiger partial charge in [-0.2, -0.15) is 5.10 Å². The number of fused-ring (bicyclic) bond motifs is 1. The van der Waals surface area contributed by atoms with Gasteiger partial charge in [0.1, 0.15) is 11.7 Å². The van der Waals surface area contributed by atoms with Gasteiger partial charge in [0.05, 0.1) is 6.54 Å². The van der Waals surface area contributed by atoms with E-state index in [0.717, 1.165) is 47.5 Å². The molecule has 0 bridgehead atoms. The highest BCUT2D eigenvalue weighted by Gasteiger charge is 2.29. The maximum atomic E-state index is 11.8. The second kappa shape index (κ2) is 7.07. The molecule has 0 saturated carbocycles. The Morgan fingerprint density at radius 3 is 2.73 bits per heavy atom. The van der Waals surface area contributed by atoms with Crippen molar-refractivity contribution in [2.75, 3.05) is 31.6 Å². The van der Waals surface area contributed by atoms with Gasteiger partial charge in [0.25, 0.3) is 0 Å². The predicted molar refractivity (Wildman–Crippen MR) is 103 cm³/mol. The van der Waals surface area contributed by atoms with Crippen molar-refractivity contribution in [1.82, 2.24) is 10.2 Å². The molecule has 0 saturated heterocycles. The summed E-state index contributed by atoms with van der Waals surface area (Å²) in [6.07, 6.45) is 1.58. The molecule has 3 rings (SSSR count). The van der Waals surface area contributed by atoms with Crippen LogP contribution in [0, 0.1) is 5.41 Å². The van der Waals surface area contributed by atoms with Crippen LogP contribution in [-0.4, -0.2) is 49.2 Å². The maximum absolute atomic E-state index is 11.8. The monoisotopic (exact) mass is 355 g/mol. The highest BCUT2D eigenvalue weighted by Crippen LogP contribution is 2.31.